The molecule has 1 aliphatic heterocycles. The van der Waals surface area contributed by atoms with Crippen molar-refractivity contribution in [3.05, 3.63) is 0 Å². The van der Waals surface area contributed by atoms with Crippen molar-refractivity contribution < 1.29 is 0 Å². The zero-order valence-electron chi connectivity index (χ0n) is 8.91. The zero-order valence-corrected chi connectivity index (χ0v) is 9.72. The van der Waals surface area contributed by atoms with Crippen LogP contribution in [0, 0.1) is 11.8 Å². The topological polar surface area (TPSA) is 38.4 Å². The monoisotopic (exact) mass is 212 g/mol. The van der Waals surface area contributed by atoms with Crippen molar-refractivity contribution in [2.45, 2.75) is 38.6 Å². The van der Waals surface area contributed by atoms with E-state index in [1.807, 2.05) is 11.8 Å². The standard InChI is InChI=1S/C11H20N2S/c1-8-6-14-7-10(8)13-11(12)9-4-2-3-5-9/h8-10H,2-7H2,1H3,(H2,12,13). The predicted octanol–water partition coefficient (Wildman–Crippen LogP) is 2.29. The first-order valence-electron chi connectivity index (χ1n) is 5.68. The van der Waals surface area contributed by atoms with Crippen LogP contribution in [0.1, 0.15) is 32.6 Å². The van der Waals surface area contributed by atoms with Crippen molar-refractivity contribution in [2.24, 2.45) is 22.6 Å². The highest BCUT2D eigenvalue weighted by Gasteiger charge is 2.25. The van der Waals surface area contributed by atoms with Crippen molar-refractivity contribution >= 4 is 17.6 Å². The van der Waals surface area contributed by atoms with Gasteiger partial charge in [0.25, 0.3) is 0 Å². The molecule has 0 amide bonds. The Kier molecular flexibility index (Phi) is 3.37. The van der Waals surface area contributed by atoms with E-state index in [0.717, 1.165) is 11.8 Å². The summed E-state index contributed by atoms with van der Waals surface area (Å²) in [7, 11) is 0. The van der Waals surface area contributed by atoms with E-state index in [1.54, 1.807) is 0 Å². The lowest BCUT2D eigenvalue weighted by Crippen LogP contribution is -2.26. The van der Waals surface area contributed by atoms with Crippen LogP contribution in [0.15, 0.2) is 4.99 Å². The van der Waals surface area contributed by atoms with Gasteiger partial charge in [0.1, 0.15) is 0 Å². The molecule has 1 aliphatic carbocycles. The van der Waals surface area contributed by atoms with E-state index in [1.165, 1.54) is 37.2 Å². The number of aliphatic imine (C=N–C) groups is 1. The smallest absolute Gasteiger partial charge is 0.0972 e. The van der Waals surface area contributed by atoms with Gasteiger partial charge in [-0.05, 0) is 24.5 Å². The summed E-state index contributed by atoms with van der Waals surface area (Å²) < 4.78 is 0. The molecule has 3 heteroatoms. The molecule has 2 nitrogen and oxygen atoms in total. The van der Waals surface area contributed by atoms with Crippen LogP contribution in [0.25, 0.3) is 0 Å². The Bertz CT molecular complexity index is 221. The highest BCUT2D eigenvalue weighted by Crippen LogP contribution is 2.29. The van der Waals surface area contributed by atoms with Crippen LogP contribution >= 0.6 is 11.8 Å². The molecule has 0 aromatic heterocycles. The summed E-state index contributed by atoms with van der Waals surface area (Å²) in [5.74, 6) is 4.70. The van der Waals surface area contributed by atoms with Crippen LogP contribution < -0.4 is 5.73 Å². The summed E-state index contributed by atoms with van der Waals surface area (Å²) in [6.07, 6.45) is 5.22. The van der Waals surface area contributed by atoms with E-state index in [0.29, 0.717) is 12.0 Å². The molecule has 1 saturated carbocycles. The number of hydrogen-bond acceptors (Lipinski definition) is 2. The molecule has 14 heavy (non-hydrogen) atoms. The molecule has 0 aromatic rings. The van der Waals surface area contributed by atoms with E-state index >= 15 is 0 Å². The predicted molar refractivity (Wildman–Crippen MR) is 63.9 cm³/mol. The molecular weight excluding hydrogens is 192 g/mol. The Hall–Kier alpha value is -0.180. The summed E-state index contributed by atoms with van der Waals surface area (Å²) in [5.41, 5.74) is 6.06. The molecule has 0 radical (unpaired) electrons. The Morgan fingerprint density at radius 1 is 1.29 bits per heavy atom. The highest BCUT2D eigenvalue weighted by atomic mass is 32.2. The second kappa shape index (κ2) is 4.56. The Balaban J connectivity index is 1.94. The van der Waals surface area contributed by atoms with Crippen molar-refractivity contribution in [3.8, 4) is 0 Å². The van der Waals surface area contributed by atoms with Crippen molar-refractivity contribution in [3.63, 3.8) is 0 Å². The second-order valence-corrected chi connectivity index (χ2v) is 5.69. The van der Waals surface area contributed by atoms with Gasteiger partial charge in [0.05, 0.1) is 11.9 Å². The average Bonchev–Trinajstić information content (AvgIpc) is 2.77. The molecule has 0 spiro atoms. The maximum absolute atomic E-state index is 6.06. The summed E-state index contributed by atoms with van der Waals surface area (Å²) in [4.78, 5) is 4.71. The molecule has 0 aromatic carbocycles. The Labute approximate surface area is 90.7 Å². The molecule has 2 aliphatic rings. The number of amidine groups is 1. The lowest BCUT2D eigenvalue weighted by Gasteiger charge is -2.14. The minimum atomic E-state index is 0.501. The summed E-state index contributed by atoms with van der Waals surface area (Å²) in [6, 6.07) is 0.501. The van der Waals surface area contributed by atoms with Crippen LogP contribution in [0.3, 0.4) is 0 Å². The first kappa shape index (κ1) is 10.3. The third-order valence-electron chi connectivity index (χ3n) is 3.41. The van der Waals surface area contributed by atoms with Gasteiger partial charge in [-0.15, -0.1) is 0 Å². The lowest BCUT2D eigenvalue weighted by molar-refractivity contribution is 0.561. The van der Waals surface area contributed by atoms with Crippen molar-refractivity contribution in [2.75, 3.05) is 11.5 Å². The van der Waals surface area contributed by atoms with Gasteiger partial charge in [0, 0.05) is 11.7 Å². The minimum absolute atomic E-state index is 0.501. The Morgan fingerprint density at radius 3 is 2.57 bits per heavy atom. The van der Waals surface area contributed by atoms with Gasteiger partial charge in [0.15, 0.2) is 0 Å². The molecule has 2 unspecified atom stereocenters. The number of hydrogen-bond donors (Lipinski definition) is 1. The van der Waals surface area contributed by atoms with Gasteiger partial charge in [-0.1, -0.05) is 19.8 Å². The van der Waals surface area contributed by atoms with Gasteiger partial charge in [-0.25, -0.2) is 0 Å². The normalized spacial score (nSPS) is 35.4. The molecule has 2 atom stereocenters. The summed E-state index contributed by atoms with van der Waals surface area (Å²) in [6.45, 7) is 2.29. The summed E-state index contributed by atoms with van der Waals surface area (Å²) in [5, 5.41) is 0. The van der Waals surface area contributed by atoms with Crippen LogP contribution in [0.4, 0.5) is 0 Å². The SMILES string of the molecule is CC1CSCC1N=C(N)C1CCCC1. The van der Waals surface area contributed by atoms with Crippen molar-refractivity contribution in [1.82, 2.24) is 0 Å². The maximum atomic E-state index is 6.06. The van der Waals surface area contributed by atoms with Gasteiger partial charge in [-0.2, -0.15) is 11.8 Å². The first-order valence-corrected chi connectivity index (χ1v) is 6.83. The van der Waals surface area contributed by atoms with Crippen LogP contribution in [0.5, 0.6) is 0 Å². The summed E-state index contributed by atoms with van der Waals surface area (Å²) >= 11 is 2.01. The van der Waals surface area contributed by atoms with E-state index in [2.05, 4.69) is 6.92 Å². The highest BCUT2D eigenvalue weighted by molar-refractivity contribution is 7.99. The second-order valence-electron chi connectivity index (χ2n) is 4.62. The largest absolute Gasteiger partial charge is 0.387 e. The van der Waals surface area contributed by atoms with E-state index < -0.39 is 0 Å². The third kappa shape index (κ3) is 2.25. The molecule has 2 fully saturated rings. The van der Waals surface area contributed by atoms with E-state index in [-0.39, 0.29) is 0 Å². The molecule has 0 bridgehead atoms. The number of rotatable bonds is 2. The van der Waals surface area contributed by atoms with Crippen LogP contribution in [0.2, 0.25) is 0 Å². The van der Waals surface area contributed by atoms with Gasteiger partial charge in [0.2, 0.25) is 0 Å². The van der Waals surface area contributed by atoms with Gasteiger partial charge < -0.3 is 5.73 Å². The quantitative estimate of drug-likeness (QED) is 0.563. The molecule has 2 rings (SSSR count). The first-order chi connectivity index (χ1) is 6.77. The molecule has 2 N–H and O–H groups in total. The molecular formula is C11H20N2S. The van der Waals surface area contributed by atoms with Gasteiger partial charge >= 0.3 is 0 Å². The number of nitrogens with zero attached hydrogens (tertiary/aromatic N) is 1. The number of nitrogens with two attached hydrogens (primary N) is 1. The molecule has 80 valence electrons. The van der Waals surface area contributed by atoms with E-state index in [9.17, 15) is 0 Å². The maximum Gasteiger partial charge on any atom is 0.0972 e. The van der Waals surface area contributed by atoms with Gasteiger partial charge in [-0.3, -0.25) is 4.99 Å². The van der Waals surface area contributed by atoms with Crippen molar-refractivity contribution in [1.29, 1.82) is 0 Å². The van der Waals surface area contributed by atoms with Crippen LogP contribution in [-0.4, -0.2) is 23.4 Å². The number of thioether (sulfide) groups is 1. The third-order valence-corrected chi connectivity index (χ3v) is 4.75. The lowest BCUT2D eigenvalue weighted by atomic mass is 10.0. The van der Waals surface area contributed by atoms with E-state index in [4.69, 9.17) is 10.7 Å². The van der Waals surface area contributed by atoms with Crippen LogP contribution in [-0.2, 0) is 0 Å². The fourth-order valence-electron chi connectivity index (χ4n) is 2.33. The molecule has 1 heterocycles. The average molecular weight is 212 g/mol. The Morgan fingerprint density at radius 2 is 2.00 bits per heavy atom. The fraction of sp³-hybridized carbons (Fsp3) is 0.909. The fourth-order valence-corrected chi connectivity index (χ4v) is 3.71. The zero-order chi connectivity index (χ0) is 9.97. The minimum Gasteiger partial charge on any atom is -0.387 e. The molecule has 1 saturated heterocycles.